The van der Waals surface area contributed by atoms with Gasteiger partial charge >= 0.3 is 0 Å². The Kier molecular flexibility index (Phi) is 4.88. The highest BCUT2D eigenvalue weighted by Gasteiger charge is 2.19. The minimum absolute atomic E-state index is 0.837. The maximum absolute atomic E-state index is 5.37. The maximum atomic E-state index is 5.37. The molecule has 1 aromatic rings. The second kappa shape index (κ2) is 6.64. The van der Waals surface area contributed by atoms with Crippen LogP contribution in [0.1, 0.15) is 31.2 Å². The van der Waals surface area contributed by atoms with Gasteiger partial charge < -0.3 is 14.8 Å². The molecule has 1 N–H and O–H groups in total. The van der Waals surface area contributed by atoms with Crippen molar-refractivity contribution >= 4 is 0 Å². The largest absolute Gasteiger partial charge is 0.497 e. The molecule has 0 amide bonds. The van der Waals surface area contributed by atoms with Gasteiger partial charge in [-0.25, -0.2) is 0 Å². The van der Waals surface area contributed by atoms with E-state index in [-0.39, 0.29) is 0 Å². The van der Waals surface area contributed by atoms with Crippen molar-refractivity contribution < 1.29 is 9.47 Å². The van der Waals surface area contributed by atoms with E-state index in [4.69, 9.17) is 9.47 Å². The van der Waals surface area contributed by atoms with E-state index in [9.17, 15) is 0 Å². The first kappa shape index (κ1) is 13.2. The average Bonchev–Trinajstić information content (AvgIpc) is 3.22. The van der Waals surface area contributed by atoms with Crippen LogP contribution in [-0.4, -0.2) is 20.8 Å². The van der Waals surface area contributed by atoms with Gasteiger partial charge in [-0.3, -0.25) is 0 Å². The smallest absolute Gasteiger partial charge is 0.127 e. The quantitative estimate of drug-likeness (QED) is 0.718. The molecule has 0 aliphatic heterocycles. The molecule has 3 heteroatoms. The predicted molar refractivity (Wildman–Crippen MR) is 73.2 cm³/mol. The van der Waals surface area contributed by atoms with Crippen molar-refractivity contribution in [1.82, 2.24) is 5.32 Å². The summed E-state index contributed by atoms with van der Waals surface area (Å²) in [6.07, 6.45) is 5.56. The van der Waals surface area contributed by atoms with Crippen molar-refractivity contribution in [3.05, 3.63) is 23.8 Å². The van der Waals surface area contributed by atoms with Gasteiger partial charge in [-0.2, -0.15) is 0 Å². The van der Waals surface area contributed by atoms with Crippen molar-refractivity contribution in [3.8, 4) is 11.5 Å². The molecular weight excluding hydrogens is 226 g/mol. The Morgan fingerprint density at radius 1 is 1.22 bits per heavy atom. The third-order valence-electron chi connectivity index (χ3n) is 3.47. The highest BCUT2D eigenvalue weighted by molar-refractivity contribution is 5.40. The van der Waals surface area contributed by atoms with E-state index < -0.39 is 0 Å². The standard InChI is InChI=1S/C15H23NO2/c1-17-14-8-7-13(15(10-14)18-2)11-16-9-3-4-12-5-6-12/h7-8,10,12,16H,3-6,9,11H2,1-2H3. The second-order valence-electron chi connectivity index (χ2n) is 4.94. The summed E-state index contributed by atoms with van der Waals surface area (Å²) in [7, 11) is 3.37. The zero-order valence-corrected chi connectivity index (χ0v) is 11.4. The Morgan fingerprint density at radius 3 is 2.72 bits per heavy atom. The molecule has 0 aromatic heterocycles. The third-order valence-corrected chi connectivity index (χ3v) is 3.47. The Bertz CT molecular complexity index is 375. The molecule has 0 bridgehead atoms. The van der Waals surface area contributed by atoms with Crippen molar-refractivity contribution in [2.45, 2.75) is 32.2 Å². The fourth-order valence-electron chi connectivity index (χ4n) is 2.14. The molecule has 0 spiro atoms. The first-order chi connectivity index (χ1) is 8.83. The predicted octanol–water partition coefficient (Wildman–Crippen LogP) is 2.98. The zero-order valence-electron chi connectivity index (χ0n) is 11.4. The maximum Gasteiger partial charge on any atom is 0.127 e. The van der Waals surface area contributed by atoms with Crippen LogP contribution in [0.15, 0.2) is 18.2 Å². The molecule has 0 saturated heterocycles. The number of ether oxygens (including phenoxy) is 2. The molecule has 18 heavy (non-hydrogen) atoms. The molecule has 0 heterocycles. The molecule has 0 atom stereocenters. The van der Waals surface area contributed by atoms with E-state index >= 15 is 0 Å². The van der Waals surface area contributed by atoms with Gasteiger partial charge in [0, 0.05) is 18.2 Å². The lowest BCUT2D eigenvalue weighted by molar-refractivity contribution is 0.389. The Morgan fingerprint density at radius 2 is 2.06 bits per heavy atom. The van der Waals surface area contributed by atoms with Crippen LogP contribution >= 0.6 is 0 Å². The number of benzene rings is 1. The molecule has 3 nitrogen and oxygen atoms in total. The second-order valence-corrected chi connectivity index (χ2v) is 4.94. The summed E-state index contributed by atoms with van der Waals surface area (Å²) < 4.78 is 10.6. The summed E-state index contributed by atoms with van der Waals surface area (Å²) in [5.74, 6) is 2.76. The highest BCUT2D eigenvalue weighted by Crippen LogP contribution is 2.33. The SMILES string of the molecule is COc1ccc(CNCCCC2CC2)c(OC)c1. The van der Waals surface area contributed by atoms with Crippen molar-refractivity contribution in [2.75, 3.05) is 20.8 Å². The first-order valence-electron chi connectivity index (χ1n) is 6.75. The van der Waals surface area contributed by atoms with Crippen LogP contribution < -0.4 is 14.8 Å². The van der Waals surface area contributed by atoms with Crippen LogP contribution in [0.5, 0.6) is 11.5 Å². The molecule has 1 aliphatic carbocycles. The zero-order chi connectivity index (χ0) is 12.8. The summed E-state index contributed by atoms with van der Waals surface area (Å²) in [5.41, 5.74) is 1.18. The van der Waals surface area contributed by atoms with E-state index in [0.29, 0.717) is 0 Å². The monoisotopic (exact) mass is 249 g/mol. The molecule has 2 rings (SSSR count). The van der Waals surface area contributed by atoms with Gasteiger partial charge in [0.05, 0.1) is 14.2 Å². The Hall–Kier alpha value is -1.22. The molecular formula is C15H23NO2. The van der Waals surface area contributed by atoms with Gasteiger partial charge in [-0.1, -0.05) is 18.9 Å². The molecule has 100 valence electrons. The van der Waals surface area contributed by atoms with Gasteiger partial charge in [-0.15, -0.1) is 0 Å². The average molecular weight is 249 g/mol. The molecule has 0 radical (unpaired) electrons. The van der Waals surface area contributed by atoms with E-state index in [2.05, 4.69) is 11.4 Å². The van der Waals surface area contributed by atoms with E-state index in [1.165, 1.54) is 31.2 Å². The number of hydrogen-bond donors (Lipinski definition) is 1. The highest BCUT2D eigenvalue weighted by atomic mass is 16.5. The first-order valence-corrected chi connectivity index (χ1v) is 6.75. The molecule has 1 saturated carbocycles. The molecule has 0 unspecified atom stereocenters. The van der Waals surface area contributed by atoms with Gasteiger partial charge in [0.1, 0.15) is 11.5 Å². The van der Waals surface area contributed by atoms with Gasteiger partial charge in [0.2, 0.25) is 0 Å². The lowest BCUT2D eigenvalue weighted by Gasteiger charge is -2.11. The Balaban J connectivity index is 1.76. The van der Waals surface area contributed by atoms with Crippen LogP contribution in [0.4, 0.5) is 0 Å². The van der Waals surface area contributed by atoms with Crippen molar-refractivity contribution in [3.63, 3.8) is 0 Å². The van der Waals surface area contributed by atoms with Crippen molar-refractivity contribution in [1.29, 1.82) is 0 Å². The molecule has 1 aliphatic rings. The van der Waals surface area contributed by atoms with Crippen LogP contribution in [-0.2, 0) is 6.54 Å². The normalized spacial score (nSPS) is 14.6. The van der Waals surface area contributed by atoms with Gasteiger partial charge in [-0.05, 0) is 31.4 Å². The molecule has 1 fully saturated rings. The summed E-state index contributed by atoms with van der Waals surface area (Å²) in [6.45, 7) is 1.95. The van der Waals surface area contributed by atoms with Crippen LogP contribution in [0.3, 0.4) is 0 Å². The van der Waals surface area contributed by atoms with Crippen LogP contribution in [0.2, 0.25) is 0 Å². The van der Waals surface area contributed by atoms with Gasteiger partial charge in [0.15, 0.2) is 0 Å². The topological polar surface area (TPSA) is 30.5 Å². The number of methoxy groups -OCH3 is 2. The summed E-state index contributed by atoms with van der Waals surface area (Å²) in [5, 5.41) is 3.48. The third kappa shape index (κ3) is 3.91. The lowest BCUT2D eigenvalue weighted by atomic mass is 10.2. The van der Waals surface area contributed by atoms with E-state index in [0.717, 1.165) is 30.5 Å². The number of nitrogens with one attached hydrogen (secondary N) is 1. The fourth-order valence-corrected chi connectivity index (χ4v) is 2.14. The molecule has 1 aromatic carbocycles. The summed E-state index contributed by atoms with van der Waals surface area (Å²) in [6, 6.07) is 5.97. The fraction of sp³-hybridized carbons (Fsp3) is 0.600. The summed E-state index contributed by atoms with van der Waals surface area (Å²) >= 11 is 0. The minimum atomic E-state index is 0.837. The lowest BCUT2D eigenvalue weighted by Crippen LogP contribution is -2.15. The minimum Gasteiger partial charge on any atom is -0.497 e. The van der Waals surface area contributed by atoms with Gasteiger partial charge in [0.25, 0.3) is 0 Å². The van der Waals surface area contributed by atoms with Crippen molar-refractivity contribution in [2.24, 2.45) is 5.92 Å². The Labute approximate surface area is 109 Å². The van der Waals surface area contributed by atoms with E-state index in [1.807, 2.05) is 12.1 Å². The van der Waals surface area contributed by atoms with Crippen LogP contribution in [0.25, 0.3) is 0 Å². The number of hydrogen-bond acceptors (Lipinski definition) is 3. The number of rotatable bonds is 8. The van der Waals surface area contributed by atoms with Crippen LogP contribution in [0, 0.1) is 5.92 Å². The summed E-state index contributed by atoms with van der Waals surface area (Å²) in [4.78, 5) is 0. The van der Waals surface area contributed by atoms with E-state index in [1.54, 1.807) is 14.2 Å².